The van der Waals surface area contributed by atoms with Gasteiger partial charge in [-0.2, -0.15) is 4.72 Å². The van der Waals surface area contributed by atoms with Crippen molar-refractivity contribution in [2.45, 2.75) is 43.1 Å². The summed E-state index contributed by atoms with van der Waals surface area (Å²) in [6.07, 6.45) is 0. The lowest BCUT2D eigenvalue weighted by molar-refractivity contribution is -0.122. The first-order valence-electron chi connectivity index (χ1n) is 9.09. The number of carbonyl (C=O) groups is 1. The third-order valence-electron chi connectivity index (χ3n) is 4.20. The molecule has 0 radical (unpaired) electrons. The van der Waals surface area contributed by atoms with Gasteiger partial charge in [-0.1, -0.05) is 12.1 Å². The number of amides is 1. The largest absolute Gasteiger partial charge is 0.494 e. The minimum Gasteiger partial charge on any atom is -0.494 e. The van der Waals surface area contributed by atoms with Crippen molar-refractivity contribution in [3.63, 3.8) is 0 Å². The van der Waals surface area contributed by atoms with E-state index in [0.29, 0.717) is 23.5 Å². The number of nitrogens with one attached hydrogen (secondary N) is 2. The second-order valence-corrected chi connectivity index (χ2v) is 9.89. The minimum atomic E-state index is -3.91. The van der Waals surface area contributed by atoms with E-state index in [-0.39, 0.29) is 16.3 Å². The maximum atomic E-state index is 12.6. The predicted molar refractivity (Wildman–Crippen MR) is 112 cm³/mol. The molecule has 11 heteroatoms. The molecule has 0 spiro atoms. The first kappa shape index (κ1) is 23.8. The van der Waals surface area contributed by atoms with Gasteiger partial charge in [0.2, 0.25) is 26.0 Å². The normalized spacial score (nSPS) is 12.9. The summed E-state index contributed by atoms with van der Waals surface area (Å²) < 4.78 is 55.4. The number of aryl methyl sites for hydroxylation is 1. The summed E-state index contributed by atoms with van der Waals surface area (Å²) in [5.41, 5.74) is 1.30. The SMILES string of the molecule is CCOc1ccc(S(=O)(=O)NC(C)C(=O)NCc2ccc(S(N)(=O)=O)cc2)cc1C. The second-order valence-electron chi connectivity index (χ2n) is 6.61. The molecule has 0 fully saturated rings. The highest BCUT2D eigenvalue weighted by Gasteiger charge is 2.22. The van der Waals surface area contributed by atoms with Crippen molar-refractivity contribution in [3.05, 3.63) is 53.6 Å². The van der Waals surface area contributed by atoms with Crippen LogP contribution in [0.2, 0.25) is 0 Å². The van der Waals surface area contributed by atoms with Crippen molar-refractivity contribution >= 4 is 26.0 Å². The van der Waals surface area contributed by atoms with Crippen molar-refractivity contribution in [3.8, 4) is 5.75 Å². The summed E-state index contributed by atoms with van der Waals surface area (Å²) in [7, 11) is -7.70. The maximum absolute atomic E-state index is 12.6. The lowest BCUT2D eigenvalue weighted by Gasteiger charge is -2.15. The lowest BCUT2D eigenvalue weighted by atomic mass is 10.2. The number of benzene rings is 2. The van der Waals surface area contributed by atoms with E-state index < -0.39 is 32.0 Å². The summed E-state index contributed by atoms with van der Waals surface area (Å²) in [5.74, 6) is 0.0625. The number of nitrogens with two attached hydrogens (primary N) is 1. The van der Waals surface area contributed by atoms with Gasteiger partial charge in [-0.25, -0.2) is 22.0 Å². The van der Waals surface area contributed by atoms with Crippen LogP contribution in [0, 0.1) is 6.92 Å². The molecule has 1 unspecified atom stereocenters. The molecule has 0 saturated heterocycles. The van der Waals surface area contributed by atoms with Gasteiger partial charge in [-0.05, 0) is 62.2 Å². The number of hydrogen-bond donors (Lipinski definition) is 3. The number of sulfonamides is 2. The third kappa shape index (κ3) is 6.26. The van der Waals surface area contributed by atoms with Crippen molar-refractivity contribution < 1.29 is 26.4 Å². The molecule has 0 heterocycles. The van der Waals surface area contributed by atoms with Gasteiger partial charge in [0.1, 0.15) is 5.75 Å². The zero-order valence-corrected chi connectivity index (χ0v) is 18.5. The Hall–Kier alpha value is -2.47. The van der Waals surface area contributed by atoms with E-state index in [0.717, 1.165) is 0 Å². The summed E-state index contributed by atoms with van der Waals surface area (Å²) in [5, 5.41) is 7.64. The highest BCUT2D eigenvalue weighted by Crippen LogP contribution is 2.22. The summed E-state index contributed by atoms with van der Waals surface area (Å²) >= 11 is 0. The number of ether oxygens (including phenoxy) is 1. The van der Waals surface area contributed by atoms with Crippen molar-refractivity contribution in [2.24, 2.45) is 5.14 Å². The molecule has 0 aromatic heterocycles. The van der Waals surface area contributed by atoms with Gasteiger partial charge in [-0.15, -0.1) is 0 Å². The molecule has 2 aromatic rings. The highest BCUT2D eigenvalue weighted by atomic mass is 32.2. The van der Waals surface area contributed by atoms with Crippen molar-refractivity contribution in [1.29, 1.82) is 0 Å². The van der Waals surface area contributed by atoms with E-state index in [1.54, 1.807) is 13.0 Å². The molecule has 4 N–H and O–H groups in total. The molecule has 2 aromatic carbocycles. The van der Waals surface area contributed by atoms with Crippen LogP contribution in [0.15, 0.2) is 52.3 Å². The smallest absolute Gasteiger partial charge is 0.241 e. The molecule has 0 saturated carbocycles. The number of rotatable bonds is 9. The van der Waals surface area contributed by atoms with E-state index in [4.69, 9.17) is 9.88 Å². The quantitative estimate of drug-likeness (QED) is 0.515. The lowest BCUT2D eigenvalue weighted by Crippen LogP contribution is -2.44. The first-order chi connectivity index (χ1) is 13.9. The van der Waals surface area contributed by atoms with E-state index in [1.807, 2.05) is 6.92 Å². The van der Waals surface area contributed by atoms with Gasteiger partial charge < -0.3 is 10.1 Å². The Morgan fingerprint density at radius 2 is 1.67 bits per heavy atom. The Balaban J connectivity index is 2.00. The minimum absolute atomic E-state index is 0.0293. The van der Waals surface area contributed by atoms with Gasteiger partial charge in [0, 0.05) is 6.54 Å². The Labute approximate surface area is 176 Å². The van der Waals surface area contributed by atoms with Gasteiger partial charge in [0.25, 0.3) is 0 Å². The molecule has 0 aliphatic rings. The van der Waals surface area contributed by atoms with Crippen LogP contribution in [0.5, 0.6) is 5.75 Å². The van der Waals surface area contributed by atoms with Crippen LogP contribution in [-0.4, -0.2) is 35.4 Å². The fourth-order valence-corrected chi connectivity index (χ4v) is 4.40. The third-order valence-corrected chi connectivity index (χ3v) is 6.67. The molecular weight excluding hydrogens is 430 g/mol. The van der Waals surface area contributed by atoms with Gasteiger partial charge in [-0.3, -0.25) is 4.79 Å². The van der Waals surface area contributed by atoms with Crippen LogP contribution in [-0.2, 0) is 31.4 Å². The van der Waals surface area contributed by atoms with Crippen LogP contribution < -0.4 is 19.9 Å². The molecule has 2 rings (SSSR count). The first-order valence-corrected chi connectivity index (χ1v) is 12.1. The molecule has 9 nitrogen and oxygen atoms in total. The zero-order valence-electron chi connectivity index (χ0n) is 16.9. The second kappa shape index (κ2) is 9.56. The van der Waals surface area contributed by atoms with Crippen LogP contribution in [0.4, 0.5) is 0 Å². The van der Waals surface area contributed by atoms with Gasteiger partial charge >= 0.3 is 0 Å². The Morgan fingerprint density at radius 1 is 1.07 bits per heavy atom. The molecule has 0 aliphatic heterocycles. The van der Waals surface area contributed by atoms with E-state index in [1.165, 1.54) is 43.3 Å². The topological polar surface area (TPSA) is 145 Å². The number of carbonyl (C=O) groups excluding carboxylic acids is 1. The summed E-state index contributed by atoms with van der Waals surface area (Å²) in [4.78, 5) is 12.3. The molecule has 164 valence electrons. The van der Waals surface area contributed by atoms with Crippen molar-refractivity contribution in [1.82, 2.24) is 10.0 Å². The molecule has 1 amide bonds. The Bertz CT molecular complexity index is 1110. The molecule has 0 bridgehead atoms. The fourth-order valence-electron chi connectivity index (χ4n) is 2.60. The van der Waals surface area contributed by atoms with E-state index in [9.17, 15) is 21.6 Å². The maximum Gasteiger partial charge on any atom is 0.241 e. The van der Waals surface area contributed by atoms with Crippen LogP contribution in [0.1, 0.15) is 25.0 Å². The summed E-state index contributed by atoms with van der Waals surface area (Å²) in [6.45, 7) is 5.56. The molecule has 1 atom stereocenters. The van der Waals surface area contributed by atoms with Crippen LogP contribution in [0.25, 0.3) is 0 Å². The zero-order chi connectivity index (χ0) is 22.5. The fraction of sp³-hybridized carbons (Fsp3) is 0.316. The molecule has 0 aliphatic carbocycles. The standard InChI is InChI=1S/C19H25N3O6S2/c1-4-28-18-10-9-17(11-13(18)2)30(26,27)22-14(3)19(23)21-12-15-5-7-16(8-6-15)29(20,24)25/h5-11,14,22H,4,12H2,1-3H3,(H,21,23)(H2,20,24,25). The monoisotopic (exact) mass is 455 g/mol. The van der Waals surface area contributed by atoms with Crippen LogP contribution in [0.3, 0.4) is 0 Å². The van der Waals surface area contributed by atoms with Gasteiger partial charge in [0.05, 0.1) is 22.4 Å². The summed E-state index contributed by atoms with van der Waals surface area (Å²) in [6, 6.07) is 9.13. The predicted octanol–water partition coefficient (Wildman–Crippen LogP) is 1.02. The average molecular weight is 456 g/mol. The average Bonchev–Trinajstić information content (AvgIpc) is 2.67. The van der Waals surface area contributed by atoms with Crippen LogP contribution >= 0.6 is 0 Å². The van der Waals surface area contributed by atoms with E-state index >= 15 is 0 Å². The number of hydrogen-bond acceptors (Lipinski definition) is 6. The van der Waals surface area contributed by atoms with Crippen molar-refractivity contribution in [2.75, 3.05) is 6.61 Å². The Kier molecular flexibility index (Phi) is 7.59. The van der Waals surface area contributed by atoms with Gasteiger partial charge in [0.15, 0.2) is 0 Å². The highest BCUT2D eigenvalue weighted by molar-refractivity contribution is 7.89. The molecular formula is C19H25N3O6S2. The van der Waals surface area contributed by atoms with E-state index in [2.05, 4.69) is 10.0 Å². The Morgan fingerprint density at radius 3 is 2.20 bits per heavy atom. The molecule has 30 heavy (non-hydrogen) atoms. The number of primary sulfonamides is 1.